The van der Waals surface area contributed by atoms with E-state index in [9.17, 15) is 9.59 Å². The molecule has 36 heavy (non-hydrogen) atoms. The highest BCUT2D eigenvalue weighted by atomic mass is 19.1. The van der Waals surface area contributed by atoms with Crippen molar-refractivity contribution < 1.29 is 18.7 Å². The van der Waals surface area contributed by atoms with Gasteiger partial charge < -0.3 is 9.64 Å². The molecule has 7 aliphatic rings. The summed E-state index contributed by atoms with van der Waals surface area (Å²) in [6.07, 6.45) is 13.7. The molecule has 3 heterocycles. The number of rotatable bonds is 5. The molecule has 4 fully saturated rings. The predicted octanol–water partition coefficient (Wildman–Crippen LogP) is 4.60. The molecule has 2 amide bonds. The van der Waals surface area contributed by atoms with Gasteiger partial charge in [-0.25, -0.2) is 4.39 Å². The van der Waals surface area contributed by atoms with Crippen LogP contribution in [0.3, 0.4) is 0 Å². The summed E-state index contributed by atoms with van der Waals surface area (Å²) in [5.41, 5.74) is 2.17. The summed E-state index contributed by atoms with van der Waals surface area (Å²) in [5.74, 6) is 2.50. The lowest BCUT2D eigenvalue weighted by molar-refractivity contribution is -0.131. The number of ether oxygens (including phenoxy) is 1. The van der Waals surface area contributed by atoms with E-state index in [1.165, 1.54) is 5.57 Å². The Bertz CT molecular complexity index is 1190. The van der Waals surface area contributed by atoms with Gasteiger partial charge in [0.25, 0.3) is 5.91 Å². The summed E-state index contributed by atoms with van der Waals surface area (Å²) in [7, 11) is 0. The van der Waals surface area contributed by atoms with E-state index in [0.29, 0.717) is 36.8 Å². The molecule has 0 radical (unpaired) electrons. The van der Waals surface area contributed by atoms with Crippen molar-refractivity contribution in [2.45, 2.75) is 76.4 Å². The summed E-state index contributed by atoms with van der Waals surface area (Å²) >= 11 is 0. The van der Waals surface area contributed by atoms with Crippen LogP contribution in [0.15, 0.2) is 51.5 Å². The minimum absolute atomic E-state index is 0.0301. The minimum Gasteiger partial charge on any atom is -0.495 e. The van der Waals surface area contributed by atoms with Gasteiger partial charge in [0, 0.05) is 37.0 Å². The Morgan fingerprint density at radius 3 is 2.78 bits per heavy atom. The third-order valence-electron chi connectivity index (χ3n) is 9.09. The molecule has 0 N–H and O–H groups in total. The first-order chi connectivity index (χ1) is 17.4. The molecule has 7 rings (SSSR count). The standard InChI is InChI=1S/C29H34FN3O3/c1-17-12-22-13-20(5-7-25(22)36-17)21-4-6-23(24(30)14-21)26-31-29(9-10-29)28(35)33(26)16-18-8-11-32(15-18)27(34)19-2-3-19/h5,7,14,17-19,22H,2-4,6,8-13,15-16H2,1H3/t17?,18-,22?/m1/s1. The fraction of sp³-hybridized carbons (Fsp3) is 0.621. The lowest BCUT2D eigenvalue weighted by atomic mass is 9.83. The Balaban J connectivity index is 1.10. The van der Waals surface area contributed by atoms with Gasteiger partial charge in [-0.3, -0.25) is 19.5 Å². The van der Waals surface area contributed by atoms with E-state index in [4.69, 9.17) is 9.73 Å². The van der Waals surface area contributed by atoms with Crippen LogP contribution in [0, 0.1) is 17.8 Å². The van der Waals surface area contributed by atoms with Gasteiger partial charge in [0.2, 0.25) is 5.91 Å². The van der Waals surface area contributed by atoms with Crippen molar-refractivity contribution in [1.29, 1.82) is 0 Å². The van der Waals surface area contributed by atoms with Gasteiger partial charge in [-0.15, -0.1) is 0 Å². The quantitative estimate of drug-likeness (QED) is 0.565. The maximum Gasteiger partial charge on any atom is 0.256 e. The molecule has 2 unspecified atom stereocenters. The van der Waals surface area contributed by atoms with Crippen molar-refractivity contribution in [3.63, 3.8) is 0 Å². The first-order valence-electron chi connectivity index (χ1n) is 13.8. The molecule has 3 atom stereocenters. The zero-order valence-electron chi connectivity index (χ0n) is 21.0. The molecular weight excluding hydrogens is 457 g/mol. The Kier molecular flexibility index (Phi) is 5.09. The lowest BCUT2D eigenvalue weighted by Crippen LogP contribution is -2.41. The van der Waals surface area contributed by atoms with Gasteiger partial charge in [-0.1, -0.05) is 6.08 Å². The summed E-state index contributed by atoms with van der Waals surface area (Å²) in [5, 5.41) is 0. The molecule has 0 aromatic heterocycles. The number of carbonyl (C=O) groups excluding carboxylic acids is 2. The first-order valence-corrected chi connectivity index (χ1v) is 13.8. The molecular formula is C29H34FN3O3. The highest BCUT2D eigenvalue weighted by Gasteiger charge is 2.58. The van der Waals surface area contributed by atoms with Crippen LogP contribution < -0.4 is 0 Å². The third kappa shape index (κ3) is 3.77. The number of allylic oxidation sites excluding steroid dienone is 7. The molecule has 0 bridgehead atoms. The molecule has 4 aliphatic carbocycles. The van der Waals surface area contributed by atoms with Gasteiger partial charge in [-0.2, -0.15) is 0 Å². The van der Waals surface area contributed by atoms with Gasteiger partial charge in [0.05, 0.1) is 11.9 Å². The van der Waals surface area contributed by atoms with Crippen LogP contribution in [0.5, 0.6) is 0 Å². The third-order valence-corrected chi connectivity index (χ3v) is 9.09. The van der Waals surface area contributed by atoms with E-state index >= 15 is 4.39 Å². The number of likely N-dealkylation sites (tertiary alicyclic amines) is 1. The monoisotopic (exact) mass is 491 g/mol. The Hall–Kier alpha value is -2.70. The fourth-order valence-corrected chi connectivity index (χ4v) is 6.70. The Morgan fingerprint density at radius 2 is 2.03 bits per heavy atom. The number of amides is 2. The topological polar surface area (TPSA) is 62.2 Å². The van der Waals surface area contributed by atoms with Gasteiger partial charge in [0.1, 0.15) is 17.2 Å². The molecule has 0 aromatic carbocycles. The summed E-state index contributed by atoms with van der Waals surface area (Å²) in [6, 6.07) is 0. The average molecular weight is 492 g/mol. The Morgan fingerprint density at radius 1 is 1.19 bits per heavy atom. The second-order valence-corrected chi connectivity index (χ2v) is 11.9. The van der Waals surface area contributed by atoms with Crippen LogP contribution in [-0.2, 0) is 14.3 Å². The number of hydrogen-bond acceptors (Lipinski definition) is 4. The van der Waals surface area contributed by atoms with E-state index in [0.717, 1.165) is 69.2 Å². The molecule has 190 valence electrons. The highest BCUT2D eigenvalue weighted by Crippen LogP contribution is 2.48. The molecule has 3 aliphatic heterocycles. The number of aliphatic imine (C=N–C) groups is 1. The van der Waals surface area contributed by atoms with E-state index < -0.39 is 5.54 Å². The van der Waals surface area contributed by atoms with Crippen molar-refractivity contribution in [2.75, 3.05) is 19.6 Å². The zero-order valence-corrected chi connectivity index (χ0v) is 21.0. The summed E-state index contributed by atoms with van der Waals surface area (Å²) in [4.78, 5) is 34.4. The maximum atomic E-state index is 15.6. The predicted molar refractivity (Wildman–Crippen MR) is 133 cm³/mol. The van der Waals surface area contributed by atoms with E-state index in [-0.39, 0.29) is 35.6 Å². The van der Waals surface area contributed by atoms with Crippen LogP contribution in [0.2, 0.25) is 0 Å². The maximum absolute atomic E-state index is 15.6. The van der Waals surface area contributed by atoms with Crippen molar-refractivity contribution >= 4 is 17.6 Å². The smallest absolute Gasteiger partial charge is 0.256 e. The lowest BCUT2D eigenvalue weighted by Gasteiger charge is -2.27. The summed E-state index contributed by atoms with van der Waals surface area (Å²) in [6.45, 7) is 4.08. The van der Waals surface area contributed by atoms with Gasteiger partial charge in [0.15, 0.2) is 0 Å². The second-order valence-electron chi connectivity index (χ2n) is 11.9. The molecule has 1 spiro atoms. The largest absolute Gasteiger partial charge is 0.495 e. The molecule has 7 heteroatoms. The number of carbonyl (C=O) groups is 2. The van der Waals surface area contributed by atoms with Gasteiger partial charge >= 0.3 is 0 Å². The minimum atomic E-state index is -0.652. The second kappa shape index (κ2) is 8.15. The average Bonchev–Trinajstić information content (AvgIpc) is 3.76. The van der Waals surface area contributed by atoms with Crippen molar-refractivity contribution in [3.05, 3.63) is 46.5 Å². The SMILES string of the molecule is CC1CC2CC(C3=CC(F)=C(C4=NC5(CC5)C(=O)N4C[C@@H]4CCN(C(=O)C5CC5)C4)CC3)=CC=C2O1. The Labute approximate surface area is 211 Å². The van der Waals surface area contributed by atoms with Crippen molar-refractivity contribution in [3.8, 4) is 0 Å². The van der Waals surface area contributed by atoms with Crippen molar-refractivity contribution in [1.82, 2.24) is 9.80 Å². The zero-order chi connectivity index (χ0) is 24.6. The first kappa shape index (κ1) is 22.5. The van der Waals surface area contributed by atoms with Gasteiger partial charge in [-0.05, 0) is 93.9 Å². The van der Waals surface area contributed by atoms with E-state index in [1.54, 1.807) is 11.0 Å². The number of nitrogens with zero attached hydrogens (tertiary/aromatic N) is 3. The molecule has 2 saturated carbocycles. The number of amidine groups is 1. The molecule has 6 nitrogen and oxygen atoms in total. The van der Waals surface area contributed by atoms with E-state index in [2.05, 4.69) is 19.1 Å². The van der Waals surface area contributed by atoms with Crippen LogP contribution in [0.4, 0.5) is 4.39 Å². The van der Waals surface area contributed by atoms with Crippen LogP contribution in [0.25, 0.3) is 0 Å². The fourth-order valence-electron chi connectivity index (χ4n) is 6.70. The molecule has 2 saturated heterocycles. The number of halogens is 1. The van der Waals surface area contributed by atoms with Crippen molar-refractivity contribution in [2.24, 2.45) is 22.7 Å². The highest BCUT2D eigenvalue weighted by molar-refractivity contribution is 6.16. The van der Waals surface area contributed by atoms with Crippen LogP contribution in [-0.4, -0.2) is 58.7 Å². The summed E-state index contributed by atoms with van der Waals surface area (Å²) < 4.78 is 21.5. The van der Waals surface area contributed by atoms with Crippen LogP contribution in [0.1, 0.15) is 64.7 Å². The molecule has 0 aromatic rings. The number of hydrogen-bond donors (Lipinski definition) is 0. The van der Waals surface area contributed by atoms with Crippen LogP contribution >= 0.6 is 0 Å². The van der Waals surface area contributed by atoms with E-state index in [1.807, 2.05) is 4.90 Å². The normalized spacial score (nSPS) is 32.8. The number of fused-ring (bicyclic) bond motifs is 1.